The first-order valence-corrected chi connectivity index (χ1v) is 8.20. The Hall–Kier alpha value is -2.44. The number of hydrogen-bond acceptors (Lipinski definition) is 3. The molecule has 1 fully saturated rings. The molecular formula is C17H21FN4O2. The van der Waals surface area contributed by atoms with Crippen LogP contribution in [0.3, 0.4) is 0 Å². The van der Waals surface area contributed by atoms with Crippen LogP contribution in [0.25, 0.3) is 11.0 Å². The van der Waals surface area contributed by atoms with E-state index in [-0.39, 0.29) is 17.6 Å². The minimum Gasteiger partial charge on any atom is -0.356 e. The third-order valence-corrected chi connectivity index (χ3v) is 4.39. The van der Waals surface area contributed by atoms with Crippen molar-refractivity contribution in [1.29, 1.82) is 0 Å². The van der Waals surface area contributed by atoms with Crippen molar-refractivity contribution in [1.82, 2.24) is 19.8 Å². The minimum absolute atomic E-state index is 0.0699. The number of nitrogens with zero attached hydrogens (tertiary/aromatic N) is 3. The van der Waals surface area contributed by atoms with Crippen LogP contribution in [-0.4, -0.2) is 45.9 Å². The molecule has 6 nitrogen and oxygen atoms in total. The Balaban J connectivity index is 1.48. The molecule has 1 aliphatic heterocycles. The highest BCUT2D eigenvalue weighted by molar-refractivity contribution is 5.80. The Morgan fingerprint density at radius 1 is 1.42 bits per heavy atom. The number of fused-ring (bicyclic) bond motifs is 1. The standard InChI is InChI=1S/C17H21FN4O2/c1-21-14-5-4-12(18)11-13(14)20-15(21)6-8-19-16(23)7-10-22-9-2-3-17(22)24/h4-5,11H,2-3,6-10H2,1H3,(H,19,23). The maximum atomic E-state index is 13.2. The van der Waals surface area contributed by atoms with E-state index in [1.165, 1.54) is 12.1 Å². The number of aryl methyl sites for hydroxylation is 1. The van der Waals surface area contributed by atoms with Gasteiger partial charge in [0.25, 0.3) is 0 Å². The van der Waals surface area contributed by atoms with E-state index in [4.69, 9.17) is 0 Å². The molecule has 128 valence electrons. The molecule has 7 heteroatoms. The molecule has 2 amide bonds. The first kappa shape index (κ1) is 16.4. The van der Waals surface area contributed by atoms with Gasteiger partial charge < -0.3 is 14.8 Å². The van der Waals surface area contributed by atoms with Gasteiger partial charge in [-0.15, -0.1) is 0 Å². The second-order valence-electron chi connectivity index (χ2n) is 6.05. The predicted octanol–water partition coefficient (Wildman–Crippen LogP) is 1.38. The zero-order valence-corrected chi connectivity index (χ0v) is 13.7. The first-order valence-electron chi connectivity index (χ1n) is 8.20. The maximum Gasteiger partial charge on any atom is 0.222 e. The minimum atomic E-state index is -0.308. The summed E-state index contributed by atoms with van der Waals surface area (Å²) in [5, 5.41) is 2.85. The van der Waals surface area contributed by atoms with Gasteiger partial charge in [-0.1, -0.05) is 0 Å². The first-order chi connectivity index (χ1) is 11.5. The van der Waals surface area contributed by atoms with E-state index >= 15 is 0 Å². The summed E-state index contributed by atoms with van der Waals surface area (Å²) in [6, 6.07) is 4.52. The molecule has 0 radical (unpaired) electrons. The van der Waals surface area contributed by atoms with Crippen molar-refractivity contribution in [2.75, 3.05) is 19.6 Å². The Kier molecular flexibility index (Phi) is 4.78. The summed E-state index contributed by atoms with van der Waals surface area (Å²) in [6.07, 6.45) is 2.36. The Morgan fingerprint density at radius 3 is 3.00 bits per heavy atom. The lowest BCUT2D eigenvalue weighted by Crippen LogP contribution is -2.32. The second kappa shape index (κ2) is 6.98. The lowest BCUT2D eigenvalue weighted by Gasteiger charge is -2.14. The van der Waals surface area contributed by atoms with E-state index in [0.717, 1.165) is 24.3 Å². The molecule has 0 aliphatic carbocycles. The fourth-order valence-corrected chi connectivity index (χ4v) is 3.03. The lowest BCUT2D eigenvalue weighted by atomic mass is 10.3. The summed E-state index contributed by atoms with van der Waals surface area (Å²) in [4.78, 5) is 29.5. The van der Waals surface area contributed by atoms with Crippen molar-refractivity contribution in [2.24, 2.45) is 7.05 Å². The molecule has 24 heavy (non-hydrogen) atoms. The van der Waals surface area contributed by atoms with Crippen molar-refractivity contribution in [3.8, 4) is 0 Å². The summed E-state index contributed by atoms with van der Waals surface area (Å²) in [7, 11) is 1.88. The second-order valence-corrected chi connectivity index (χ2v) is 6.05. The SMILES string of the molecule is Cn1c(CCNC(=O)CCN2CCCC2=O)nc2cc(F)ccc21. The van der Waals surface area contributed by atoms with E-state index in [1.807, 2.05) is 11.6 Å². The predicted molar refractivity (Wildman–Crippen MR) is 87.8 cm³/mol. The van der Waals surface area contributed by atoms with Gasteiger partial charge in [0, 0.05) is 52.0 Å². The molecule has 0 bridgehead atoms. The molecule has 3 rings (SSSR count). The molecule has 1 aromatic carbocycles. The number of nitrogens with one attached hydrogen (secondary N) is 1. The van der Waals surface area contributed by atoms with Gasteiger partial charge in [0.2, 0.25) is 11.8 Å². The van der Waals surface area contributed by atoms with Crippen LogP contribution in [0.2, 0.25) is 0 Å². The van der Waals surface area contributed by atoms with E-state index in [2.05, 4.69) is 10.3 Å². The van der Waals surface area contributed by atoms with Gasteiger partial charge in [0.1, 0.15) is 11.6 Å². The van der Waals surface area contributed by atoms with Crippen LogP contribution < -0.4 is 5.32 Å². The van der Waals surface area contributed by atoms with Crippen molar-refractivity contribution in [2.45, 2.75) is 25.7 Å². The Bertz CT molecular complexity index is 771. The van der Waals surface area contributed by atoms with Crippen LogP contribution in [0.5, 0.6) is 0 Å². The van der Waals surface area contributed by atoms with E-state index in [1.54, 1.807) is 11.0 Å². The third-order valence-electron chi connectivity index (χ3n) is 4.39. The summed E-state index contributed by atoms with van der Waals surface area (Å²) in [6.45, 7) is 1.70. The number of benzene rings is 1. The normalized spacial score (nSPS) is 14.6. The zero-order valence-electron chi connectivity index (χ0n) is 13.7. The molecule has 2 heterocycles. The number of rotatable bonds is 6. The van der Waals surface area contributed by atoms with Crippen LogP contribution in [0, 0.1) is 5.82 Å². The number of imidazole rings is 1. The molecule has 1 aromatic heterocycles. The summed E-state index contributed by atoms with van der Waals surface area (Å²) in [5.74, 6) is 0.553. The molecular weight excluding hydrogens is 311 g/mol. The molecule has 2 aromatic rings. The number of likely N-dealkylation sites (tertiary alicyclic amines) is 1. The molecule has 1 saturated heterocycles. The fourth-order valence-electron chi connectivity index (χ4n) is 3.03. The fraction of sp³-hybridized carbons (Fsp3) is 0.471. The molecule has 1 aliphatic rings. The van der Waals surface area contributed by atoms with Gasteiger partial charge in [-0.3, -0.25) is 9.59 Å². The Morgan fingerprint density at radius 2 is 2.25 bits per heavy atom. The van der Waals surface area contributed by atoms with Crippen molar-refractivity contribution in [3.63, 3.8) is 0 Å². The molecule has 1 N–H and O–H groups in total. The molecule has 0 atom stereocenters. The number of halogens is 1. The van der Waals surface area contributed by atoms with Gasteiger partial charge in [-0.2, -0.15) is 0 Å². The number of aromatic nitrogens is 2. The smallest absolute Gasteiger partial charge is 0.222 e. The van der Waals surface area contributed by atoms with E-state index in [9.17, 15) is 14.0 Å². The monoisotopic (exact) mass is 332 g/mol. The van der Waals surface area contributed by atoms with Crippen LogP contribution in [0.15, 0.2) is 18.2 Å². The number of hydrogen-bond donors (Lipinski definition) is 1. The average Bonchev–Trinajstić information content (AvgIpc) is 3.09. The lowest BCUT2D eigenvalue weighted by molar-refractivity contribution is -0.128. The largest absolute Gasteiger partial charge is 0.356 e. The summed E-state index contributed by atoms with van der Waals surface area (Å²) < 4.78 is 15.1. The maximum absolute atomic E-state index is 13.2. The average molecular weight is 332 g/mol. The van der Waals surface area contributed by atoms with E-state index < -0.39 is 0 Å². The zero-order chi connectivity index (χ0) is 17.1. The van der Waals surface area contributed by atoms with Crippen LogP contribution in [-0.2, 0) is 23.1 Å². The number of carbonyl (C=O) groups excluding carboxylic acids is 2. The summed E-state index contributed by atoms with van der Waals surface area (Å²) >= 11 is 0. The number of amides is 2. The van der Waals surface area contributed by atoms with Gasteiger partial charge >= 0.3 is 0 Å². The topological polar surface area (TPSA) is 67.2 Å². The quantitative estimate of drug-likeness (QED) is 0.869. The third kappa shape index (κ3) is 3.55. The Labute approximate surface area is 139 Å². The highest BCUT2D eigenvalue weighted by Crippen LogP contribution is 2.16. The highest BCUT2D eigenvalue weighted by atomic mass is 19.1. The van der Waals surface area contributed by atoms with Crippen LogP contribution in [0.4, 0.5) is 4.39 Å². The molecule has 0 spiro atoms. The van der Waals surface area contributed by atoms with Gasteiger partial charge in [-0.05, 0) is 18.6 Å². The van der Waals surface area contributed by atoms with Crippen molar-refractivity contribution in [3.05, 3.63) is 29.8 Å². The molecule has 0 unspecified atom stereocenters. The van der Waals surface area contributed by atoms with Gasteiger partial charge in [0.15, 0.2) is 0 Å². The molecule has 0 saturated carbocycles. The van der Waals surface area contributed by atoms with Crippen LogP contribution >= 0.6 is 0 Å². The van der Waals surface area contributed by atoms with Crippen molar-refractivity contribution >= 4 is 22.8 Å². The highest BCUT2D eigenvalue weighted by Gasteiger charge is 2.20. The van der Waals surface area contributed by atoms with Crippen LogP contribution in [0.1, 0.15) is 25.1 Å². The summed E-state index contributed by atoms with van der Waals surface area (Å²) in [5.41, 5.74) is 1.48. The van der Waals surface area contributed by atoms with E-state index in [0.29, 0.717) is 37.9 Å². The van der Waals surface area contributed by atoms with Gasteiger partial charge in [-0.25, -0.2) is 9.37 Å². The van der Waals surface area contributed by atoms with Gasteiger partial charge in [0.05, 0.1) is 11.0 Å². The van der Waals surface area contributed by atoms with Crippen molar-refractivity contribution < 1.29 is 14.0 Å². The number of carbonyl (C=O) groups is 2.